The van der Waals surface area contributed by atoms with Gasteiger partial charge in [0.25, 0.3) is 11.8 Å². The molecule has 9 nitrogen and oxygen atoms in total. The van der Waals surface area contributed by atoms with Crippen LogP contribution in [0.1, 0.15) is 28.5 Å². The van der Waals surface area contributed by atoms with E-state index in [1.165, 1.54) is 0 Å². The lowest BCUT2D eigenvalue weighted by Gasteiger charge is -2.26. The van der Waals surface area contributed by atoms with E-state index in [9.17, 15) is 9.59 Å². The monoisotopic (exact) mass is 473 g/mol. The minimum absolute atomic E-state index is 0.0370. The summed E-state index contributed by atoms with van der Waals surface area (Å²) in [5, 5.41) is 6.98. The Morgan fingerprint density at radius 1 is 1.14 bits per heavy atom. The third-order valence-corrected chi connectivity index (χ3v) is 6.23. The average molecular weight is 474 g/mol. The number of carbonyl (C=O) groups is 2. The Hall–Kier alpha value is -3.98. The van der Waals surface area contributed by atoms with Crippen LogP contribution >= 0.6 is 0 Å². The first-order valence-electron chi connectivity index (χ1n) is 11.7. The molecule has 5 rings (SSSR count). The standard InChI is InChI=1S/C26H27N5O4/c1-17(30-35-16-25(32)31-10-12-34-13-11-31)18-2-4-19(5-3-18)23-14-20(6-8-27-23)24-15-21-22(29-24)7-9-28-26(21)33/h2-6,8,14-15,29H,7,9-13,16H2,1H3,(H,28,33)/b30-17+. The fraction of sp³-hybridized carbons (Fsp3) is 0.308. The number of aromatic nitrogens is 2. The molecule has 1 fully saturated rings. The highest BCUT2D eigenvalue weighted by Crippen LogP contribution is 2.27. The van der Waals surface area contributed by atoms with Crippen molar-refractivity contribution < 1.29 is 19.2 Å². The summed E-state index contributed by atoms with van der Waals surface area (Å²) in [6, 6.07) is 13.7. The number of hydrogen-bond acceptors (Lipinski definition) is 6. The van der Waals surface area contributed by atoms with Gasteiger partial charge in [-0.05, 0) is 30.7 Å². The van der Waals surface area contributed by atoms with Gasteiger partial charge in [0.15, 0.2) is 6.61 Å². The molecule has 1 aromatic carbocycles. The lowest BCUT2D eigenvalue weighted by molar-refractivity contribution is -0.140. The van der Waals surface area contributed by atoms with Crippen LogP contribution in [0.4, 0.5) is 0 Å². The number of ether oxygens (including phenoxy) is 1. The van der Waals surface area contributed by atoms with Crippen LogP contribution in [0.5, 0.6) is 0 Å². The molecule has 2 N–H and O–H groups in total. The molecule has 9 heteroatoms. The van der Waals surface area contributed by atoms with E-state index in [1.807, 2.05) is 49.4 Å². The number of morpholine rings is 1. The zero-order valence-corrected chi connectivity index (χ0v) is 19.5. The number of nitrogens with zero attached hydrogens (tertiary/aromatic N) is 3. The minimum atomic E-state index is -0.0882. The highest BCUT2D eigenvalue weighted by Gasteiger charge is 2.20. The van der Waals surface area contributed by atoms with Crippen LogP contribution in [-0.2, 0) is 20.8 Å². The molecule has 35 heavy (non-hydrogen) atoms. The fourth-order valence-corrected chi connectivity index (χ4v) is 4.23. The van der Waals surface area contributed by atoms with Crippen LogP contribution in [0.15, 0.2) is 53.8 Å². The van der Waals surface area contributed by atoms with Crippen molar-refractivity contribution in [3.8, 4) is 22.5 Å². The molecular weight excluding hydrogens is 446 g/mol. The molecule has 0 saturated carbocycles. The topological polar surface area (TPSA) is 109 Å². The van der Waals surface area contributed by atoms with Gasteiger partial charge in [-0.3, -0.25) is 14.6 Å². The first-order valence-corrected chi connectivity index (χ1v) is 11.7. The molecule has 180 valence electrons. The molecule has 2 aliphatic heterocycles. The third kappa shape index (κ3) is 5.09. The number of aromatic amines is 1. The van der Waals surface area contributed by atoms with Crippen molar-refractivity contribution in [1.82, 2.24) is 20.2 Å². The lowest BCUT2D eigenvalue weighted by Crippen LogP contribution is -2.42. The first-order chi connectivity index (χ1) is 17.1. The van der Waals surface area contributed by atoms with Crippen molar-refractivity contribution in [3.63, 3.8) is 0 Å². The molecule has 0 atom stereocenters. The molecule has 2 amide bonds. The summed E-state index contributed by atoms with van der Waals surface area (Å²) in [5.41, 5.74) is 6.91. The number of amides is 2. The summed E-state index contributed by atoms with van der Waals surface area (Å²) in [6.07, 6.45) is 2.57. The average Bonchev–Trinajstić information content (AvgIpc) is 3.35. The Morgan fingerprint density at radius 2 is 1.94 bits per heavy atom. The van der Waals surface area contributed by atoms with Gasteiger partial charge < -0.3 is 24.8 Å². The van der Waals surface area contributed by atoms with Gasteiger partial charge >= 0.3 is 0 Å². The maximum Gasteiger partial charge on any atom is 0.263 e. The van der Waals surface area contributed by atoms with Crippen LogP contribution < -0.4 is 5.32 Å². The predicted molar refractivity (Wildman–Crippen MR) is 131 cm³/mol. The van der Waals surface area contributed by atoms with Gasteiger partial charge in [-0.25, -0.2) is 0 Å². The van der Waals surface area contributed by atoms with Gasteiger partial charge in [0, 0.05) is 54.8 Å². The zero-order chi connectivity index (χ0) is 24.2. The molecule has 0 unspecified atom stereocenters. The highest BCUT2D eigenvalue weighted by molar-refractivity contribution is 5.99. The molecule has 0 aliphatic carbocycles. The normalized spacial score (nSPS) is 16.0. The Balaban J connectivity index is 1.25. The summed E-state index contributed by atoms with van der Waals surface area (Å²) in [7, 11) is 0. The van der Waals surface area contributed by atoms with Gasteiger partial charge in [0.1, 0.15) is 0 Å². The highest BCUT2D eigenvalue weighted by atomic mass is 16.6. The van der Waals surface area contributed by atoms with Crippen LogP contribution in [0.2, 0.25) is 0 Å². The van der Waals surface area contributed by atoms with E-state index in [1.54, 1.807) is 11.1 Å². The molecule has 3 aromatic rings. The molecule has 2 aliphatic rings. The number of rotatable bonds is 6. The molecule has 0 bridgehead atoms. The summed E-state index contributed by atoms with van der Waals surface area (Å²) in [5.74, 6) is -0.125. The number of nitrogens with one attached hydrogen (secondary N) is 2. The summed E-state index contributed by atoms with van der Waals surface area (Å²) in [6.45, 7) is 4.70. The van der Waals surface area contributed by atoms with Gasteiger partial charge in [-0.2, -0.15) is 0 Å². The zero-order valence-electron chi connectivity index (χ0n) is 19.5. The van der Waals surface area contributed by atoms with E-state index in [0.717, 1.165) is 40.2 Å². The van der Waals surface area contributed by atoms with Crippen molar-refractivity contribution in [2.45, 2.75) is 13.3 Å². The molecule has 1 saturated heterocycles. The van der Waals surface area contributed by atoms with Crippen LogP contribution in [0.25, 0.3) is 22.5 Å². The van der Waals surface area contributed by atoms with Gasteiger partial charge in [0.2, 0.25) is 0 Å². The van der Waals surface area contributed by atoms with Crippen molar-refractivity contribution in [1.29, 1.82) is 0 Å². The Morgan fingerprint density at radius 3 is 2.71 bits per heavy atom. The first kappa shape index (κ1) is 22.8. The summed E-state index contributed by atoms with van der Waals surface area (Å²) < 4.78 is 5.26. The van der Waals surface area contributed by atoms with Crippen molar-refractivity contribution in [2.75, 3.05) is 39.5 Å². The predicted octanol–water partition coefficient (Wildman–Crippen LogP) is 2.63. The summed E-state index contributed by atoms with van der Waals surface area (Å²) in [4.78, 5) is 39.2. The van der Waals surface area contributed by atoms with Crippen LogP contribution in [-0.4, -0.2) is 71.8 Å². The lowest BCUT2D eigenvalue weighted by atomic mass is 10.0. The van der Waals surface area contributed by atoms with Crippen molar-refractivity contribution >= 4 is 17.5 Å². The van der Waals surface area contributed by atoms with Crippen LogP contribution in [0, 0.1) is 0 Å². The third-order valence-electron chi connectivity index (χ3n) is 6.23. The Labute approximate surface area is 203 Å². The van der Waals surface area contributed by atoms with Crippen LogP contribution in [0.3, 0.4) is 0 Å². The van der Waals surface area contributed by atoms with E-state index in [4.69, 9.17) is 9.57 Å². The Bertz CT molecular complexity index is 1260. The molecule has 0 spiro atoms. The maximum absolute atomic E-state index is 12.2. The SMILES string of the molecule is C/C(=N\OCC(=O)N1CCOCC1)c1ccc(-c2cc(-c3cc4c([nH]3)CCNC4=O)ccn2)cc1. The van der Waals surface area contributed by atoms with E-state index in [2.05, 4.69) is 20.4 Å². The number of benzene rings is 1. The Kier molecular flexibility index (Phi) is 6.58. The second kappa shape index (κ2) is 10.1. The second-order valence-electron chi connectivity index (χ2n) is 8.53. The summed E-state index contributed by atoms with van der Waals surface area (Å²) >= 11 is 0. The molecule has 2 aromatic heterocycles. The minimum Gasteiger partial charge on any atom is -0.385 e. The molecule has 4 heterocycles. The number of fused-ring (bicyclic) bond motifs is 1. The van der Waals surface area contributed by atoms with Crippen molar-refractivity contribution in [3.05, 3.63) is 65.5 Å². The smallest absolute Gasteiger partial charge is 0.263 e. The fourth-order valence-electron chi connectivity index (χ4n) is 4.23. The maximum atomic E-state index is 12.2. The number of oxime groups is 1. The van der Waals surface area contributed by atoms with Crippen molar-refractivity contribution in [2.24, 2.45) is 5.16 Å². The largest absolute Gasteiger partial charge is 0.385 e. The van der Waals surface area contributed by atoms with E-state index >= 15 is 0 Å². The number of hydrogen-bond donors (Lipinski definition) is 2. The quantitative estimate of drug-likeness (QED) is 0.423. The van der Waals surface area contributed by atoms with Gasteiger partial charge in [-0.1, -0.05) is 29.4 Å². The number of H-pyrrole nitrogens is 1. The van der Waals surface area contributed by atoms with E-state index < -0.39 is 0 Å². The van der Waals surface area contributed by atoms with Gasteiger partial charge in [-0.15, -0.1) is 0 Å². The second-order valence-corrected chi connectivity index (χ2v) is 8.53. The van der Waals surface area contributed by atoms with Gasteiger partial charge in [0.05, 0.1) is 30.2 Å². The van der Waals surface area contributed by atoms with E-state index in [-0.39, 0.29) is 18.4 Å². The van der Waals surface area contributed by atoms with E-state index in [0.29, 0.717) is 44.1 Å². The molecule has 0 radical (unpaired) electrons. The number of pyridine rings is 1. The number of carbonyl (C=O) groups excluding carboxylic acids is 2. The molecular formula is C26H27N5O4.